The lowest BCUT2D eigenvalue weighted by atomic mass is 9.94. The highest BCUT2D eigenvalue weighted by Gasteiger charge is 2.32. The van der Waals surface area contributed by atoms with Gasteiger partial charge in [0.25, 0.3) is 0 Å². The fourth-order valence-corrected chi connectivity index (χ4v) is 15.3. The van der Waals surface area contributed by atoms with Crippen molar-refractivity contribution in [3.63, 3.8) is 0 Å². The molecular weight excluding hydrogens is 1750 g/mol. The van der Waals surface area contributed by atoms with Crippen molar-refractivity contribution in [1.29, 1.82) is 0 Å². The van der Waals surface area contributed by atoms with Gasteiger partial charge in [0.15, 0.2) is 0 Å². The zero-order valence-corrected chi connectivity index (χ0v) is 102. The summed E-state index contributed by atoms with van der Waals surface area (Å²) in [5.74, 6) is 0. The van der Waals surface area contributed by atoms with Crippen LogP contribution in [0.4, 0.5) is 0 Å². The Morgan fingerprint density at radius 1 is 0.132 bits per heavy atom. The molecule has 0 saturated heterocycles. The summed E-state index contributed by atoms with van der Waals surface area (Å²) >= 11 is 0. The highest BCUT2D eigenvalue weighted by Crippen LogP contribution is 2.52. The SMILES string of the molecule is CC.CC.CC.CC.CC.CC.CC.CC.CC.CC.CC.CC.CCN(C)C.CCN(C)C.CCN(C)C.CCN(C)C.CCN(C)C.CCN(C)C.CCN(C)C.CCN(C)C.c1ccc2c(c1)Cc1c-2ccc2c1-c1ccccc1C2.c1ccc2c(c1)Cc1c-2ccc2c1Cc1ccccc1-2.c1ccc2c(c1)Cc1cc3c(cc1-2)-c1ccccc1C3.c1ccc2c(c1)Cc1ccc3c(c1-2)-c1ccccc1C3. The largest absolute Gasteiger partial charge is 0.310 e. The average Bonchev–Trinajstić information content (AvgIpc) is 1.59. The normalized spacial score (nSPS) is 10.7. The van der Waals surface area contributed by atoms with E-state index >= 15 is 0 Å². The minimum Gasteiger partial charge on any atom is -0.310 e. The van der Waals surface area contributed by atoms with E-state index in [1.807, 2.05) is 166 Å². The van der Waals surface area contributed by atoms with Crippen molar-refractivity contribution in [2.45, 2.75) is 273 Å². The molecule has 0 aliphatic heterocycles. The van der Waals surface area contributed by atoms with Crippen molar-refractivity contribution in [1.82, 2.24) is 39.2 Å². The van der Waals surface area contributed by atoms with Crippen LogP contribution < -0.4 is 0 Å². The lowest BCUT2D eigenvalue weighted by Crippen LogP contribution is -2.08. The maximum Gasteiger partial charge on any atom is -0.000718 e. The summed E-state index contributed by atoms with van der Waals surface area (Å²) in [5, 5.41) is 0. The molecule has 0 heterocycles. The third-order valence-corrected chi connectivity index (χ3v) is 24.0. The van der Waals surface area contributed by atoms with Crippen LogP contribution >= 0.6 is 0 Å². The molecular formula is C136H216N8. The van der Waals surface area contributed by atoms with E-state index < -0.39 is 0 Å². The molecule has 12 aromatic carbocycles. The fourth-order valence-electron chi connectivity index (χ4n) is 15.3. The summed E-state index contributed by atoms with van der Waals surface area (Å²) in [5.41, 5.74) is 47.1. The summed E-state index contributed by atoms with van der Waals surface area (Å²) in [6, 6.07) is 89.5. The number of hydrogen-bond donors (Lipinski definition) is 0. The molecule has 8 aliphatic carbocycles. The van der Waals surface area contributed by atoms with Crippen molar-refractivity contribution in [2.24, 2.45) is 0 Å². The smallest absolute Gasteiger partial charge is 0.000718 e. The maximum atomic E-state index is 2.44. The van der Waals surface area contributed by atoms with Crippen LogP contribution in [0, 0.1) is 0 Å². The number of benzene rings is 12. The van der Waals surface area contributed by atoms with Gasteiger partial charge in [-0.2, -0.15) is 0 Å². The van der Waals surface area contributed by atoms with Gasteiger partial charge in [0.1, 0.15) is 0 Å². The van der Waals surface area contributed by atoms with Crippen LogP contribution in [-0.4, -0.2) is 204 Å². The molecule has 0 bridgehead atoms. The molecule has 0 unspecified atom stereocenters. The van der Waals surface area contributed by atoms with Crippen LogP contribution in [0.25, 0.3) is 89.0 Å². The summed E-state index contributed by atoms with van der Waals surface area (Å²) < 4.78 is 0. The first-order valence-corrected chi connectivity index (χ1v) is 56.3. The fraction of sp³-hybridized carbons (Fsp3) is 0.471. The molecule has 0 N–H and O–H groups in total. The second-order valence-electron chi connectivity index (χ2n) is 34.4. The Balaban J connectivity index is -0.000000762. The van der Waals surface area contributed by atoms with Crippen molar-refractivity contribution in [3.05, 3.63) is 332 Å². The highest BCUT2D eigenvalue weighted by atomic mass is 15.1. The van der Waals surface area contributed by atoms with Gasteiger partial charge in [0, 0.05) is 0 Å². The van der Waals surface area contributed by atoms with Crippen LogP contribution in [0.1, 0.15) is 311 Å². The van der Waals surface area contributed by atoms with Gasteiger partial charge in [-0.1, -0.05) is 458 Å². The van der Waals surface area contributed by atoms with Gasteiger partial charge in [-0.05, 0) is 401 Å². The predicted octanol–water partition coefficient (Wildman–Crippen LogP) is 36.2. The first-order chi connectivity index (χ1) is 69.8. The number of nitrogens with zero attached hydrogens (tertiary/aromatic N) is 8. The zero-order valence-electron chi connectivity index (χ0n) is 102. The van der Waals surface area contributed by atoms with E-state index in [4.69, 9.17) is 0 Å². The topological polar surface area (TPSA) is 25.9 Å². The maximum absolute atomic E-state index is 2.44. The third kappa shape index (κ3) is 44.9. The van der Waals surface area contributed by atoms with Crippen molar-refractivity contribution < 1.29 is 0 Å². The van der Waals surface area contributed by atoms with E-state index in [9.17, 15) is 0 Å². The molecule has 8 nitrogen and oxygen atoms in total. The summed E-state index contributed by atoms with van der Waals surface area (Å²) in [6.07, 6.45) is 8.73. The molecule has 0 saturated carbocycles. The molecule has 8 heteroatoms. The number of fused-ring (bicyclic) bond motifs is 27. The van der Waals surface area contributed by atoms with E-state index in [0.717, 1.165) is 104 Å². The predicted molar refractivity (Wildman–Crippen MR) is 662 cm³/mol. The monoisotopic (exact) mass is 1960 g/mol. The lowest BCUT2D eigenvalue weighted by molar-refractivity contribution is 0.434. The van der Waals surface area contributed by atoms with E-state index in [1.165, 1.54) is 167 Å². The molecule has 0 fully saturated rings. The molecule has 144 heavy (non-hydrogen) atoms. The van der Waals surface area contributed by atoms with Gasteiger partial charge in [0.2, 0.25) is 0 Å². The minimum atomic E-state index is 1.08. The van der Waals surface area contributed by atoms with Gasteiger partial charge in [-0.25, -0.2) is 0 Å². The third-order valence-electron chi connectivity index (χ3n) is 24.0. The summed E-state index contributed by atoms with van der Waals surface area (Å²) in [7, 11) is 32.9. The molecule has 12 aromatic rings. The van der Waals surface area contributed by atoms with Gasteiger partial charge in [-0.3, -0.25) is 0 Å². The van der Waals surface area contributed by atoms with Crippen molar-refractivity contribution >= 4 is 0 Å². The Morgan fingerprint density at radius 3 is 0.500 bits per heavy atom. The Morgan fingerprint density at radius 2 is 0.278 bits per heavy atom. The molecule has 0 aromatic heterocycles. The molecule has 20 rings (SSSR count). The first kappa shape index (κ1) is 141. The average molecular weight is 1960 g/mol. The Bertz CT molecular complexity index is 4920. The Kier molecular flexibility index (Phi) is 82.4. The first-order valence-electron chi connectivity index (χ1n) is 56.3. The standard InChI is InChI=1S/4C20H14.8C4H11N.12C2H6/c1-3-7-16-14(6-1)12-19-18(16)10-9-15-11-13-5-2-4-8-17(13)20(15)19;1-3-7-17-13(5-1)9-15-11-16-10-14-6-2-4-8-18(14)20(16)12-19(15)17;1-3-7-17-13(5-1)11-15-9-10-16-12-14-6-2-4-8-18(14)20(16)19(15)17;1-3-7-15-13(5-1)11-19-17(15)9-10-18-16-8-4-2-6-14(16)12-20(18)19;8*1-4-5(2)3;12*1-2/h1-10H,11-12H2;1-8,11-12H,9-10H2;2*1-10H,11-12H2;8*4H2,1-3H3;12*1-2H3. The molecule has 0 spiro atoms. The zero-order chi connectivity index (χ0) is 111. The molecule has 0 atom stereocenters. The van der Waals surface area contributed by atoms with E-state index in [1.54, 1.807) is 11.1 Å². The van der Waals surface area contributed by atoms with Crippen molar-refractivity contribution in [3.8, 4) is 89.0 Å². The summed E-state index contributed by atoms with van der Waals surface area (Å²) in [6.45, 7) is 74.1. The molecule has 800 valence electrons. The highest BCUT2D eigenvalue weighted by molar-refractivity contribution is 5.96. The quantitative estimate of drug-likeness (QED) is 0.149. The van der Waals surface area contributed by atoms with Gasteiger partial charge in [0.05, 0.1) is 0 Å². The van der Waals surface area contributed by atoms with Gasteiger partial charge in [-0.15, -0.1) is 0 Å². The summed E-state index contributed by atoms with van der Waals surface area (Å²) in [4.78, 5) is 17.0. The van der Waals surface area contributed by atoms with Crippen LogP contribution in [0.2, 0.25) is 0 Å². The van der Waals surface area contributed by atoms with Crippen molar-refractivity contribution in [2.75, 3.05) is 165 Å². The molecule has 8 aliphatic rings. The van der Waals surface area contributed by atoms with Gasteiger partial charge < -0.3 is 39.2 Å². The molecule has 0 radical (unpaired) electrons. The Hall–Kier alpha value is -9.68. The minimum absolute atomic E-state index is 1.08. The van der Waals surface area contributed by atoms with Crippen LogP contribution in [-0.2, 0) is 51.4 Å². The number of rotatable bonds is 8. The second kappa shape index (κ2) is 84.4. The van der Waals surface area contributed by atoms with Crippen LogP contribution in [0.15, 0.2) is 243 Å². The van der Waals surface area contributed by atoms with Crippen LogP contribution in [0.5, 0.6) is 0 Å². The van der Waals surface area contributed by atoms with Crippen LogP contribution in [0.3, 0.4) is 0 Å². The molecule has 0 amide bonds. The second-order valence-corrected chi connectivity index (χ2v) is 34.4. The lowest BCUT2D eigenvalue weighted by Gasteiger charge is -2.10. The number of hydrogen-bond acceptors (Lipinski definition) is 8. The van der Waals surface area contributed by atoms with E-state index in [2.05, 4.69) is 450 Å². The van der Waals surface area contributed by atoms with E-state index in [-0.39, 0.29) is 0 Å². The van der Waals surface area contributed by atoms with E-state index in [0.29, 0.717) is 0 Å². The Labute approximate surface area is 892 Å². The van der Waals surface area contributed by atoms with Gasteiger partial charge >= 0.3 is 0 Å².